The number of hydrogen-bond donors (Lipinski definition) is 2. The second kappa shape index (κ2) is 9.34. The zero-order valence-corrected chi connectivity index (χ0v) is 16.2. The van der Waals surface area contributed by atoms with Gasteiger partial charge in [0.05, 0.1) is 0 Å². The van der Waals surface area contributed by atoms with Crippen molar-refractivity contribution in [1.82, 2.24) is 5.32 Å². The Kier molecular flexibility index (Phi) is 6.61. The van der Waals surface area contributed by atoms with Crippen LogP contribution in [0.2, 0.25) is 0 Å². The first-order valence-corrected chi connectivity index (χ1v) is 9.51. The van der Waals surface area contributed by atoms with Gasteiger partial charge in [0.25, 0.3) is 0 Å². The minimum atomic E-state index is -1.08. The molecule has 1 aliphatic rings. The number of nitrogens with one attached hydrogen (secondary N) is 1. The molecule has 2 amide bonds. The average Bonchev–Trinajstić information content (AvgIpc) is 3.24. The topological polar surface area (TPSA) is 95.9 Å². The lowest BCUT2D eigenvalue weighted by Gasteiger charge is -2.26. The van der Waals surface area contributed by atoms with Crippen LogP contribution in [-0.2, 0) is 25.5 Å². The van der Waals surface area contributed by atoms with Gasteiger partial charge in [0, 0.05) is 19.2 Å². The molecule has 0 radical (unpaired) electrons. The third-order valence-corrected chi connectivity index (χ3v) is 4.96. The number of hydrogen-bond acceptors (Lipinski definition) is 4. The molecule has 0 bridgehead atoms. The number of amides is 2. The van der Waals surface area contributed by atoms with E-state index in [1.165, 1.54) is 4.90 Å². The van der Waals surface area contributed by atoms with Gasteiger partial charge in [-0.15, -0.1) is 0 Å². The highest BCUT2D eigenvalue weighted by molar-refractivity contribution is 5.99. The standard InChI is InChI=1S/C22H24N2O5/c1-24(16-10-6-3-7-11-16)21(26)17(14-15-8-4-2-5-9-15)23-20(25)18-12-13-19(29-18)22(27)28/h2-11,17-19H,12-14H2,1H3,(H,23,25)(H,27,28)/t17-,18-,19+/m0/s1. The summed E-state index contributed by atoms with van der Waals surface area (Å²) in [5.74, 6) is -1.81. The minimum Gasteiger partial charge on any atom is -0.479 e. The van der Waals surface area contributed by atoms with Crippen LogP contribution in [0.15, 0.2) is 60.7 Å². The van der Waals surface area contributed by atoms with E-state index in [4.69, 9.17) is 9.84 Å². The molecule has 1 saturated heterocycles. The van der Waals surface area contributed by atoms with Crippen molar-refractivity contribution in [3.63, 3.8) is 0 Å². The molecule has 0 spiro atoms. The van der Waals surface area contributed by atoms with Gasteiger partial charge < -0.3 is 20.1 Å². The number of carboxylic acids is 1. The van der Waals surface area contributed by atoms with Gasteiger partial charge in [-0.3, -0.25) is 9.59 Å². The number of nitrogens with zero attached hydrogens (tertiary/aromatic N) is 1. The number of rotatable bonds is 7. The monoisotopic (exact) mass is 396 g/mol. The lowest BCUT2D eigenvalue weighted by molar-refractivity contribution is -0.152. The molecule has 7 nitrogen and oxygen atoms in total. The molecule has 0 unspecified atom stereocenters. The van der Waals surface area contributed by atoms with Gasteiger partial charge in [-0.2, -0.15) is 0 Å². The van der Waals surface area contributed by atoms with E-state index in [9.17, 15) is 14.4 Å². The van der Waals surface area contributed by atoms with Gasteiger partial charge in [0.2, 0.25) is 11.8 Å². The van der Waals surface area contributed by atoms with Gasteiger partial charge in [-0.25, -0.2) is 4.79 Å². The Morgan fingerprint density at radius 3 is 2.21 bits per heavy atom. The molecule has 0 aromatic heterocycles. The fourth-order valence-electron chi connectivity index (χ4n) is 3.34. The number of benzene rings is 2. The average molecular weight is 396 g/mol. The van der Waals surface area contributed by atoms with Crippen LogP contribution in [0.3, 0.4) is 0 Å². The normalized spacial score (nSPS) is 19.3. The molecule has 2 aromatic carbocycles. The predicted octanol–water partition coefficient (Wildman–Crippen LogP) is 2.01. The molecule has 0 saturated carbocycles. The van der Waals surface area contributed by atoms with Gasteiger partial charge in [-0.05, 0) is 30.5 Å². The Bertz CT molecular complexity index is 856. The van der Waals surface area contributed by atoms with Crippen LogP contribution in [0.5, 0.6) is 0 Å². The molecule has 1 fully saturated rings. The molecule has 0 aliphatic carbocycles. The lowest BCUT2D eigenvalue weighted by atomic mass is 10.0. The molecule has 1 heterocycles. The van der Waals surface area contributed by atoms with E-state index in [0.717, 1.165) is 5.56 Å². The number of ether oxygens (including phenoxy) is 1. The van der Waals surface area contributed by atoms with Crippen molar-refractivity contribution in [2.24, 2.45) is 0 Å². The van der Waals surface area contributed by atoms with E-state index in [1.54, 1.807) is 7.05 Å². The number of carboxylic acid groups (broad SMARTS) is 1. The first-order valence-electron chi connectivity index (χ1n) is 9.51. The quantitative estimate of drug-likeness (QED) is 0.746. The smallest absolute Gasteiger partial charge is 0.332 e. The second-order valence-corrected chi connectivity index (χ2v) is 7.01. The summed E-state index contributed by atoms with van der Waals surface area (Å²) in [5.41, 5.74) is 1.62. The maximum atomic E-state index is 13.1. The molecule has 152 valence electrons. The lowest BCUT2D eigenvalue weighted by Crippen LogP contribution is -2.51. The maximum absolute atomic E-state index is 13.1. The summed E-state index contributed by atoms with van der Waals surface area (Å²) in [6.45, 7) is 0. The van der Waals surface area contributed by atoms with Gasteiger partial charge in [0.15, 0.2) is 6.10 Å². The molecular formula is C22H24N2O5. The highest BCUT2D eigenvalue weighted by atomic mass is 16.5. The highest BCUT2D eigenvalue weighted by Gasteiger charge is 2.36. The predicted molar refractivity (Wildman–Crippen MR) is 107 cm³/mol. The first kappa shape index (κ1) is 20.5. The third kappa shape index (κ3) is 5.20. The molecule has 3 atom stereocenters. The molecule has 2 N–H and O–H groups in total. The molecule has 29 heavy (non-hydrogen) atoms. The van der Waals surface area contributed by atoms with Gasteiger partial charge in [-0.1, -0.05) is 48.5 Å². The Balaban J connectivity index is 1.75. The van der Waals surface area contributed by atoms with Crippen LogP contribution < -0.4 is 10.2 Å². The number of anilines is 1. The van der Waals surface area contributed by atoms with Gasteiger partial charge in [0.1, 0.15) is 12.1 Å². The number of carbonyl (C=O) groups is 3. The van der Waals surface area contributed by atoms with Gasteiger partial charge >= 0.3 is 5.97 Å². The molecule has 2 aromatic rings. The van der Waals surface area contributed by atoms with Crippen molar-refractivity contribution in [3.8, 4) is 0 Å². The molecule has 3 rings (SSSR count). The molecular weight excluding hydrogens is 372 g/mol. The van der Waals surface area contributed by atoms with Crippen LogP contribution in [-0.4, -0.2) is 48.2 Å². The zero-order chi connectivity index (χ0) is 20.8. The SMILES string of the molecule is CN(C(=O)[C@H](Cc1ccccc1)NC(=O)[C@@H]1CC[C@H](C(=O)O)O1)c1ccccc1. The summed E-state index contributed by atoms with van der Waals surface area (Å²) in [6, 6.07) is 17.8. The fraction of sp³-hybridized carbons (Fsp3) is 0.318. The number of para-hydroxylation sites is 1. The van der Waals surface area contributed by atoms with Crippen molar-refractivity contribution in [1.29, 1.82) is 0 Å². The second-order valence-electron chi connectivity index (χ2n) is 7.01. The summed E-state index contributed by atoms with van der Waals surface area (Å²) in [4.78, 5) is 38.4. The van der Waals surface area contributed by atoms with Crippen molar-refractivity contribution in [2.75, 3.05) is 11.9 Å². The van der Waals surface area contributed by atoms with E-state index < -0.39 is 30.1 Å². The number of carbonyl (C=O) groups excluding carboxylic acids is 2. The van der Waals surface area contributed by atoms with Crippen molar-refractivity contribution < 1.29 is 24.2 Å². The van der Waals surface area contributed by atoms with Crippen LogP contribution in [0.1, 0.15) is 18.4 Å². The van der Waals surface area contributed by atoms with Crippen LogP contribution in [0, 0.1) is 0 Å². The Morgan fingerprint density at radius 1 is 1.03 bits per heavy atom. The van der Waals surface area contributed by atoms with E-state index in [1.807, 2.05) is 60.7 Å². The van der Waals surface area contributed by atoms with Crippen LogP contribution in [0.4, 0.5) is 5.69 Å². The molecule has 7 heteroatoms. The minimum absolute atomic E-state index is 0.263. The van der Waals surface area contributed by atoms with Crippen LogP contribution >= 0.6 is 0 Å². The Labute approximate surface area is 169 Å². The van der Waals surface area contributed by atoms with Crippen molar-refractivity contribution in [3.05, 3.63) is 66.2 Å². The van der Waals surface area contributed by atoms with E-state index in [2.05, 4.69) is 5.32 Å². The fourth-order valence-corrected chi connectivity index (χ4v) is 3.34. The van der Waals surface area contributed by atoms with E-state index in [-0.39, 0.29) is 12.3 Å². The summed E-state index contributed by atoms with van der Waals surface area (Å²) in [6.07, 6.45) is -0.958. The first-order chi connectivity index (χ1) is 14.0. The van der Waals surface area contributed by atoms with E-state index >= 15 is 0 Å². The summed E-state index contributed by atoms with van der Waals surface area (Å²) in [7, 11) is 1.66. The zero-order valence-electron chi connectivity index (χ0n) is 16.2. The van der Waals surface area contributed by atoms with E-state index in [0.29, 0.717) is 18.5 Å². The Hall–Kier alpha value is -3.19. The Morgan fingerprint density at radius 2 is 1.62 bits per heavy atom. The highest BCUT2D eigenvalue weighted by Crippen LogP contribution is 2.21. The van der Waals surface area contributed by atoms with Crippen LogP contribution in [0.25, 0.3) is 0 Å². The van der Waals surface area contributed by atoms with Crippen molar-refractivity contribution >= 4 is 23.5 Å². The summed E-state index contributed by atoms with van der Waals surface area (Å²) < 4.78 is 5.32. The summed E-state index contributed by atoms with van der Waals surface area (Å²) in [5, 5.41) is 11.8. The third-order valence-electron chi connectivity index (χ3n) is 4.96. The van der Waals surface area contributed by atoms with Crippen molar-refractivity contribution in [2.45, 2.75) is 37.5 Å². The maximum Gasteiger partial charge on any atom is 0.332 e. The molecule has 1 aliphatic heterocycles. The summed E-state index contributed by atoms with van der Waals surface area (Å²) >= 11 is 0. The largest absolute Gasteiger partial charge is 0.479 e. The number of likely N-dealkylation sites (N-methyl/N-ethyl adjacent to an activating group) is 1. The number of aliphatic carboxylic acids is 1.